The summed E-state index contributed by atoms with van der Waals surface area (Å²) < 4.78 is 0. The molecule has 3 nitrogen and oxygen atoms in total. The second-order valence-electron chi connectivity index (χ2n) is 14.9. The van der Waals surface area contributed by atoms with Crippen LogP contribution in [-0.4, -0.2) is 15.0 Å². The van der Waals surface area contributed by atoms with Crippen molar-refractivity contribution in [2.45, 2.75) is 26.2 Å². The fourth-order valence-corrected chi connectivity index (χ4v) is 8.12. The van der Waals surface area contributed by atoms with Crippen LogP contribution in [0, 0.1) is 0 Å². The van der Waals surface area contributed by atoms with Crippen LogP contribution < -0.4 is 0 Å². The normalized spacial score (nSPS) is 13.2. The third-order valence-electron chi connectivity index (χ3n) is 11.0. The van der Waals surface area contributed by atoms with Gasteiger partial charge < -0.3 is 0 Å². The van der Waals surface area contributed by atoms with Crippen molar-refractivity contribution in [3.63, 3.8) is 0 Å². The highest BCUT2D eigenvalue weighted by Crippen LogP contribution is 2.49. The molecule has 1 aliphatic carbocycles. The summed E-state index contributed by atoms with van der Waals surface area (Å²) in [5, 5.41) is 2.22. The second kappa shape index (κ2) is 14.4. The first-order chi connectivity index (χ1) is 27.4. The van der Waals surface area contributed by atoms with E-state index in [1.54, 1.807) is 0 Å². The molecule has 1 aliphatic rings. The van der Waals surface area contributed by atoms with Gasteiger partial charge in [-0.25, -0.2) is 15.0 Å². The smallest absolute Gasteiger partial charge is 0.164 e. The van der Waals surface area contributed by atoms with Crippen molar-refractivity contribution >= 4 is 16.3 Å². The van der Waals surface area contributed by atoms with Crippen molar-refractivity contribution in [1.82, 2.24) is 15.0 Å². The molecule has 0 bridgehead atoms. The third-order valence-corrected chi connectivity index (χ3v) is 11.0. The molecule has 0 spiro atoms. The van der Waals surface area contributed by atoms with Crippen molar-refractivity contribution in [3.05, 3.63) is 205 Å². The lowest BCUT2D eigenvalue weighted by molar-refractivity contribution is 0.660. The van der Waals surface area contributed by atoms with E-state index in [2.05, 4.69) is 178 Å². The summed E-state index contributed by atoms with van der Waals surface area (Å²) in [6.45, 7) is 10.6. The van der Waals surface area contributed by atoms with Gasteiger partial charge in [0.2, 0.25) is 0 Å². The summed E-state index contributed by atoms with van der Waals surface area (Å²) >= 11 is 0. The zero-order valence-corrected chi connectivity index (χ0v) is 31.9. The van der Waals surface area contributed by atoms with E-state index in [-0.39, 0.29) is 5.41 Å². The summed E-state index contributed by atoms with van der Waals surface area (Å²) in [4.78, 5) is 15.4. The number of hydrogen-bond donors (Lipinski definition) is 0. The van der Waals surface area contributed by atoms with Gasteiger partial charge in [-0.2, -0.15) is 0 Å². The van der Waals surface area contributed by atoms with E-state index < -0.39 is 0 Å². The summed E-state index contributed by atoms with van der Waals surface area (Å²) in [7, 11) is 0. The number of benzene rings is 7. The van der Waals surface area contributed by atoms with Gasteiger partial charge >= 0.3 is 0 Å². The number of allylic oxidation sites excluding steroid dienone is 5. The second-order valence-corrected chi connectivity index (χ2v) is 14.9. The summed E-state index contributed by atoms with van der Waals surface area (Å²) in [6.07, 6.45) is 7.96. The van der Waals surface area contributed by atoms with Gasteiger partial charge in [0, 0.05) is 22.1 Å². The SMILES string of the molecule is C=C/C=C(\C=C/C)c1ccc(-c2nc(-c3ccc(-c4ccccc4)cc3)nc(-c3cccc4cc(-c5ccc6c(c5)-c5ccccc5C6(C)C)ccc34)n2)cc1. The molecule has 0 atom stereocenters. The Bertz CT molecular complexity index is 2820. The van der Waals surface area contributed by atoms with Crippen LogP contribution in [0.4, 0.5) is 0 Å². The zero-order valence-electron chi connectivity index (χ0n) is 31.9. The molecule has 1 aromatic heterocycles. The predicted octanol–water partition coefficient (Wildman–Crippen LogP) is 13.8. The van der Waals surface area contributed by atoms with Crippen LogP contribution >= 0.6 is 0 Å². The average molecular weight is 720 g/mol. The van der Waals surface area contributed by atoms with Crippen LogP contribution in [0.25, 0.3) is 83.9 Å². The molecule has 9 rings (SSSR count). The Morgan fingerprint density at radius 1 is 0.500 bits per heavy atom. The molecule has 7 aromatic carbocycles. The highest BCUT2D eigenvalue weighted by Gasteiger charge is 2.35. The van der Waals surface area contributed by atoms with E-state index in [1.165, 1.54) is 38.9 Å². The number of hydrogen-bond acceptors (Lipinski definition) is 3. The molecule has 0 N–H and O–H groups in total. The topological polar surface area (TPSA) is 38.7 Å². The molecule has 268 valence electrons. The molecule has 1 heterocycles. The molecule has 0 aliphatic heterocycles. The van der Waals surface area contributed by atoms with Gasteiger partial charge in [0.1, 0.15) is 0 Å². The standard InChI is InChI=1S/C53H41N3/c1-5-13-35(14-6-2)37-21-25-39(26-22-37)50-54-51(40-27-23-38(24-28-40)36-15-8-7-9-16-36)56-52(55-50)46-19-12-17-43-33-41(29-31-44(43)46)42-30-32-49-47(34-42)45-18-10-11-20-48(45)53(49,3)4/h5-34H,1H2,2-4H3/b14-6-,35-13+. The minimum absolute atomic E-state index is 0.0190. The Hall–Kier alpha value is -6.97. The Morgan fingerprint density at radius 2 is 1.07 bits per heavy atom. The van der Waals surface area contributed by atoms with Crippen LogP contribution in [0.1, 0.15) is 37.5 Å². The predicted molar refractivity (Wildman–Crippen MR) is 235 cm³/mol. The van der Waals surface area contributed by atoms with Gasteiger partial charge in [-0.1, -0.05) is 190 Å². The summed E-state index contributed by atoms with van der Waals surface area (Å²) in [6, 6.07) is 56.2. The molecule has 0 saturated carbocycles. The maximum absolute atomic E-state index is 5.15. The summed E-state index contributed by atoms with van der Waals surface area (Å²) in [5.74, 6) is 1.89. The lowest BCUT2D eigenvalue weighted by atomic mass is 9.82. The molecule has 56 heavy (non-hydrogen) atoms. The van der Waals surface area contributed by atoms with Gasteiger partial charge in [0.15, 0.2) is 17.5 Å². The van der Waals surface area contributed by atoms with Gasteiger partial charge in [-0.05, 0) is 85.5 Å². The molecule has 0 radical (unpaired) electrons. The maximum atomic E-state index is 5.15. The highest BCUT2D eigenvalue weighted by atomic mass is 15.0. The van der Waals surface area contributed by atoms with Crippen molar-refractivity contribution in [1.29, 1.82) is 0 Å². The Morgan fingerprint density at radius 3 is 1.80 bits per heavy atom. The minimum atomic E-state index is -0.0190. The first-order valence-corrected chi connectivity index (χ1v) is 19.2. The largest absolute Gasteiger partial charge is 0.208 e. The third kappa shape index (κ3) is 6.27. The van der Waals surface area contributed by atoms with Gasteiger partial charge in [-0.15, -0.1) is 0 Å². The molecule has 0 unspecified atom stereocenters. The average Bonchev–Trinajstić information content (AvgIpc) is 3.48. The van der Waals surface area contributed by atoms with E-state index in [1.807, 2.05) is 31.2 Å². The van der Waals surface area contributed by atoms with Crippen molar-refractivity contribution in [2.75, 3.05) is 0 Å². The van der Waals surface area contributed by atoms with Crippen molar-refractivity contribution < 1.29 is 0 Å². The highest BCUT2D eigenvalue weighted by molar-refractivity contribution is 5.98. The number of rotatable bonds is 8. The molecule has 3 heteroatoms. The number of nitrogens with zero attached hydrogens (tertiary/aromatic N) is 3. The van der Waals surface area contributed by atoms with Crippen LogP contribution in [0.5, 0.6) is 0 Å². The van der Waals surface area contributed by atoms with E-state index in [9.17, 15) is 0 Å². The van der Waals surface area contributed by atoms with Crippen LogP contribution in [0.15, 0.2) is 189 Å². The Labute approximate surface area is 329 Å². The zero-order chi connectivity index (χ0) is 38.2. The number of fused-ring (bicyclic) bond motifs is 4. The molecule has 0 fully saturated rings. The summed E-state index contributed by atoms with van der Waals surface area (Å²) in [5.41, 5.74) is 15.1. The first kappa shape index (κ1) is 34.8. The lowest BCUT2D eigenvalue weighted by Gasteiger charge is -2.21. The van der Waals surface area contributed by atoms with E-state index in [0.29, 0.717) is 17.5 Å². The Kier molecular flexibility index (Phi) is 8.91. The number of aromatic nitrogens is 3. The molecule has 0 amide bonds. The van der Waals surface area contributed by atoms with Gasteiger partial charge in [-0.3, -0.25) is 0 Å². The quantitative estimate of drug-likeness (QED) is 0.147. The van der Waals surface area contributed by atoms with Gasteiger partial charge in [0.25, 0.3) is 0 Å². The van der Waals surface area contributed by atoms with Crippen LogP contribution in [-0.2, 0) is 5.41 Å². The van der Waals surface area contributed by atoms with E-state index >= 15 is 0 Å². The Balaban J connectivity index is 1.14. The molecular formula is C53H41N3. The van der Waals surface area contributed by atoms with Crippen molar-refractivity contribution in [2.24, 2.45) is 0 Å². The molecular weight excluding hydrogens is 679 g/mol. The van der Waals surface area contributed by atoms with Crippen LogP contribution in [0.3, 0.4) is 0 Å². The van der Waals surface area contributed by atoms with E-state index in [4.69, 9.17) is 15.0 Å². The minimum Gasteiger partial charge on any atom is -0.208 e. The lowest BCUT2D eigenvalue weighted by Crippen LogP contribution is -2.14. The molecule has 0 saturated heterocycles. The van der Waals surface area contributed by atoms with Gasteiger partial charge in [0.05, 0.1) is 0 Å². The fraction of sp³-hybridized carbons (Fsp3) is 0.0755. The van der Waals surface area contributed by atoms with Crippen molar-refractivity contribution in [3.8, 4) is 67.5 Å². The monoisotopic (exact) mass is 719 g/mol. The fourth-order valence-electron chi connectivity index (χ4n) is 8.12. The van der Waals surface area contributed by atoms with E-state index in [0.717, 1.165) is 44.2 Å². The first-order valence-electron chi connectivity index (χ1n) is 19.2. The maximum Gasteiger partial charge on any atom is 0.164 e. The van der Waals surface area contributed by atoms with Crippen LogP contribution in [0.2, 0.25) is 0 Å². The molecule has 8 aromatic rings.